The molecule has 9 nitrogen and oxygen atoms in total. The molecule has 0 bridgehead atoms. The van der Waals surface area contributed by atoms with Gasteiger partial charge in [0.1, 0.15) is 22.6 Å². The maximum atomic E-state index is 13.5. The quantitative estimate of drug-likeness (QED) is 0.358. The number of aryl methyl sites for hydroxylation is 1. The van der Waals surface area contributed by atoms with E-state index in [-0.39, 0.29) is 24.5 Å². The van der Waals surface area contributed by atoms with Crippen molar-refractivity contribution in [3.63, 3.8) is 0 Å². The van der Waals surface area contributed by atoms with E-state index >= 15 is 0 Å². The fraction of sp³-hybridized carbons (Fsp3) is 0.381. The third kappa shape index (κ3) is 4.84. The molecule has 2 aromatic rings. The van der Waals surface area contributed by atoms with Crippen LogP contribution in [0.25, 0.3) is 4.72 Å². The lowest BCUT2D eigenvalue weighted by Gasteiger charge is -2.38. The van der Waals surface area contributed by atoms with Crippen LogP contribution in [0.5, 0.6) is 0 Å². The molecule has 1 aliphatic rings. The molecule has 3 rings (SSSR count). The van der Waals surface area contributed by atoms with Gasteiger partial charge in [-0.05, 0) is 39.2 Å². The second-order valence-corrected chi connectivity index (χ2v) is 9.38. The predicted molar refractivity (Wildman–Crippen MR) is 117 cm³/mol. The number of carbonyl (C=O) groups is 2. The maximum absolute atomic E-state index is 13.5. The first-order valence-corrected chi connectivity index (χ1v) is 11.7. The van der Waals surface area contributed by atoms with E-state index in [0.29, 0.717) is 0 Å². The highest BCUT2D eigenvalue weighted by atomic mass is 32.2. The van der Waals surface area contributed by atoms with Gasteiger partial charge in [-0.1, -0.05) is 23.8 Å². The van der Waals surface area contributed by atoms with Gasteiger partial charge in [-0.15, -0.1) is 0 Å². The minimum Gasteiger partial charge on any atom is -0.526 e. The van der Waals surface area contributed by atoms with Gasteiger partial charge >= 0.3 is 13.0 Å². The van der Waals surface area contributed by atoms with Crippen molar-refractivity contribution in [3.05, 3.63) is 65.1 Å². The van der Waals surface area contributed by atoms with Crippen LogP contribution in [0.3, 0.4) is 0 Å². The molecule has 0 spiro atoms. The molecule has 0 saturated carbocycles. The topological polar surface area (TPSA) is 119 Å². The third-order valence-electron chi connectivity index (χ3n) is 5.30. The molecule has 2 atom stereocenters. The zero-order valence-corrected chi connectivity index (χ0v) is 19.0. The number of amides is 1. The van der Waals surface area contributed by atoms with Gasteiger partial charge in [-0.3, -0.25) is 4.79 Å². The van der Waals surface area contributed by atoms with Crippen LogP contribution in [0.1, 0.15) is 18.9 Å². The molecule has 1 fully saturated rings. The second kappa shape index (κ2) is 9.39. The van der Waals surface area contributed by atoms with Gasteiger partial charge in [0, 0.05) is 22.6 Å². The first-order chi connectivity index (χ1) is 15.1. The summed E-state index contributed by atoms with van der Waals surface area (Å²) in [7, 11) is -5.59. The Labute approximate surface area is 188 Å². The van der Waals surface area contributed by atoms with Crippen LogP contribution in [0.2, 0.25) is 6.82 Å². The summed E-state index contributed by atoms with van der Waals surface area (Å²) < 4.78 is 37.2. The lowest BCUT2D eigenvalue weighted by molar-refractivity contribution is -0.700. The van der Waals surface area contributed by atoms with E-state index < -0.39 is 40.5 Å². The predicted octanol–water partition coefficient (Wildman–Crippen LogP) is 1.06. The molecule has 1 aromatic heterocycles. The van der Waals surface area contributed by atoms with Crippen molar-refractivity contribution >= 4 is 29.0 Å². The van der Waals surface area contributed by atoms with E-state index in [0.717, 1.165) is 10.4 Å². The third-order valence-corrected chi connectivity index (χ3v) is 6.75. The largest absolute Gasteiger partial charge is 0.526 e. The summed E-state index contributed by atoms with van der Waals surface area (Å²) in [6, 6.07) is 10.2. The van der Waals surface area contributed by atoms with Gasteiger partial charge in [-0.25, -0.2) is 17.8 Å². The molecule has 32 heavy (non-hydrogen) atoms. The van der Waals surface area contributed by atoms with Gasteiger partial charge in [0.15, 0.2) is 12.4 Å². The number of rotatable bonds is 8. The fourth-order valence-corrected chi connectivity index (χ4v) is 5.08. The normalized spacial score (nSPS) is 20.9. The van der Waals surface area contributed by atoms with Gasteiger partial charge in [-0.2, -0.15) is 0 Å². The monoisotopic (exact) mass is 459 g/mol. The number of esters is 1. The number of hydrogen-bond acceptors (Lipinski definition) is 6. The molecule has 1 saturated heterocycles. The molecule has 11 heteroatoms. The van der Waals surface area contributed by atoms with Crippen LogP contribution in [0, 0.1) is 6.92 Å². The Morgan fingerprint density at radius 2 is 1.91 bits per heavy atom. The van der Waals surface area contributed by atoms with Crippen molar-refractivity contribution < 1.29 is 32.3 Å². The van der Waals surface area contributed by atoms with E-state index in [9.17, 15) is 23.0 Å². The number of hydrogen-bond donors (Lipinski definition) is 1. The summed E-state index contributed by atoms with van der Waals surface area (Å²) in [5.74, 6) is -1.47. The molecule has 170 valence electrons. The zero-order valence-electron chi connectivity index (χ0n) is 18.2. The summed E-state index contributed by atoms with van der Waals surface area (Å²) in [6.45, 7) is 4.74. The molecular formula is C21H26BN3O6S. The van der Waals surface area contributed by atoms with Crippen LogP contribution in [0.4, 0.5) is 0 Å². The van der Waals surface area contributed by atoms with Gasteiger partial charge in [0.2, 0.25) is 5.91 Å². The number of benzene rings is 1. The Hall–Kier alpha value is -2.76. The first kappa shape index (κ1) is 23.9. The molecule has 1 aliphatic heterocycles. The lowest BCUT2D eigenvalue weighted by Crippen LogP contribution is -2.54. The maximum Gasteiger partial charge on any atom is 0.412 e. The first-order valence-electron chi connectivity index (χ1n) is 10.3. The van der Waals surface area contributed by atoms with Crippen LogP contribution in [-0.2, 0) is 30.9 Å². The molecule has 1 N–H and O–H groups in total. The average Bonchev–Trinajstić information content (AvgIpc) is 3.01. The average molecular weight is 459 g/mol. The van der Waals surface area contributed by atoms with Crippen LogP contribution in [-0.4, -0.2) is 55.4 Å². The molecule has 2 heterocycles. The highest BCUT2D eigenvalue weighted by molar-refractivity contribution is 7.94. The molecule has 0 unspecified atom stereocenters. The summed E-state index contributed by atoms with van der Waals surface area (Å²) in [4.78, 5) is 27.0. The minimum absolute atomic E-state index is 0.0588. The Bertz CT molecular complexity index is 1080. The van der Waals surface area contributed by atoms with Crippen LogP contribution < -0.4 is 4.57 Å². The highest BCUT2D eigenvalue weighted by Gasteiger charge is 2.54. The summed E-state index contributed by atoms with van der Waals surface area (Å²) in [5.41, 5.74) is -0.956. The standard InChI is InChI=1S/C21H26BN3O6S/c1-4-31-19(26)18-14-21(20(27)25(18)22(3)28,15-24-12-6-5-7-13-24)23-32(29,30)17-10-8-16(2)9-11-17/h5-13,18,28H,4,14-15H2,1-3H3/t18-,21-/m0/s1. The lowest BCUT2D eigenvalue weighted by atomic mass is 9.84. The Morgan fingerprint density at radius 1 is 1.28 bits per heavy atom. The number of pyridine rings is 1. The summed E-state index contributed by atoms with van der Waals surface area (Å²) >= 11 is 0. The van der Waals surface area contributed by atoms with Crippen LogP contribution >= 0.6 is 0 Å². The van der Waals surface area contributed by atoms with E-state index in [2.05, 4.69) is 4.72 Å². The Kier molecular flexibility index (Phi) is 7.01. The van der Waals surface area contributed by atoms with E-state index in [1.807, 2.05) is 6.92 Å². The highest BCUT2D eigenvalue weighted by Crippen LogP contribution is 2.40. The Balaban J connectivity index is 2.07. The number of sulfonamides is 1. The number of ether oxygens (including phenoxy) is 1. The second-order valence-electron chi connectivity index (χ2n) is 7.78. The van der Waals surface area contributed by atoms with Crippen molar-refractivity contribution in [1.82, 2.24) is 4.81 Å². The fourth-order valence-electron chi connectivity index (χ4n) is 3.82. The van der Waals surface area contributed by atoms with Crippen molar-refractivity contribution in [2.75, 3.05) is 6.61 Å². The molecular weight excluding hydrogens is 433 g/mol. The zero-order chi connectivity index (χ0) is 23.5. The van der Waals surface area contributed by atoms with Gasteiger partial charge in [0.05, 0.1) is 6.61 Å². The van der Waals surface area contributed by atoms with Crippen molar-refractivity contribution in [1.29, 1.82) is 0 Å². The van der Waals surface area contributed by atoms with Crippen LogP contribution in [0.15, 0.2) is 59.8 Å². The van der Waals surface area contributed by atoms with E-state index in [1.165, 1.54) is 19.0 Å². The number of carbonyl (C=O) groups excluding carboxylic acids is 2. The number of aromatic nitrogens is 1. The van der Waals surface area contributed by atoms with Crippen molar-refractivity contribution in [2.24, 2.45) is 0 Å². The number of nitrogens with zero attached hydrogens (tertiary/aromatic N) is 3. The van der Waals surface area contributed by atoms with E-state index in [4.69, 9.17) is 4.74 Å². The minimum atomic E-state index is -4.25. The summed E-state index contributed by atoms with van der Waals surface area (Å²) in [6.07, 6.45) is 3.10. The molecule has 0 aliphatic carbocycles. The van der Waals surface area contributed by atoms with Gasteiger partial charge < -0.3 is 19.3 Å². The molecule has 1 amide bonds. The smallest absolute Gasteiger partial charge is 0.412 e. The molecule has 0 radical (unpaired) electrons. The molecule has 1 aromatic carbocycles. The Morgan fingerprint density at radius 3 is 2.47 bits per heavy atom. The van der Waals surface area contributed by atoms with Crippen molar-refractivity contribution in [2.45, 2.75) is 50.1 Å². The SMILES string of the molecule is CCOC(=O)[C@@H]1C[C@@](C[n+]2ccccc2)([N-]S(=O)(=O)c2ccc(C)cc2)C(=O)N1B(C)O. The van der Waals surface area contributed by atoms with Gasteiger partial charge in [0.25, 0.3) is 0 Å². The summed E-state index contributed by atoms with van der Waals surface area (Å²) in [5, 5.41) is 10.3. The van der Waals surface area contributed by atoms with E-state index in [1.54, 1.807) is 54.2 Å². The van der Waals surface area contributed by atoms with Crippen molar-refractivity contribution in [3.8, 4) is 0 Å².